The highest BCUT2D eigenvalue weighted by Crippen LogP contribution is 2.17. The minimum Gasteiger partial charge on any atom is -0.393 e. The van der Waals surface area contributed by atoms with Crippen molar-refractivity contribution in [1.29, 1.82) is 0 Å². The largest absolute Gasteiger partial charge is 0.393 e. The van der Waals surface area contributed by atoms with Crippen LogP contribution in [0, 0.1) is 5.82 Å². The van der Waals surface area contributed by atoms with Crippen molar-refractivity contribution in [3.63, 3.8) is 0 Å². The zero-order valence-corrected chi connectivity index (χ0v) is 11.7. The van der Waals surface area contributed by atoms with Crippen LogP contribution in [0.3, 0.4) is 0 Å². The second kappa shape index (κ2) is 7.30. The van der Waals surface area contributed by atoms with Gasteiger partial charge in [-0.15, -0.1) is 0 Å². The molecule has 0 bridgehead atoms. The fraction of sp³-hybridized carbons (Fsp3) is 0.500. The number of hydrogen-bond donors (Lipinski definition) is 1. The average Bonchev–Trinajstić information content (AvgIpc) is 2.23. The third-order valence-corrected chi connectivity index (χ3v) is 3.55. The third-order valence-electron chi connectivity index (χ3n) is 2.36. The smallest absolute Gasteiger partial charge is 0.127 e. The van der Waals surface area contributed by atoms with Gasteiger partial charge in [-0.3, -0.25) is 0 Å². The van der Waals surface area contributed by atoms with Gasteiger partial charge in [0.15, 0.2) is 0 Å². The van der Waals surface area contributed by atoms with E-state index in [0.29, 0.717) is 12.0 Å². The molecular formula is C12H16BrFOS. The van der Waals surface area contributed by atoms with E-state index in [2.05, 4.69) is 15.9 Å². The van der Waals surface area contributed by atoms with Crippen molar-refractivity contribution in [1.82, 2.24) is 0 Å². The molecule has 0 fully saturated rings. The van der Waals surface area contributed by atoms with Crippen molar-refractivity contribution in [2.45, 2.75) is 25.4 Å². The fourth-order valence-corrected chi connectivity index (χ4v) is 2.29. The van der Waals surface area contributed by atoms with Crippen LogP contribution in [0.15, 0.2) is 22.7 Å². The first-order valence-electron chi connectivity index (χ1n) is 5.24. The van der Waals surface area contributed by atoms with Crippen LogP contribution in [0.5, 0.6) is 0 Å². The Morgan fingerprint density at radius 3 is 2.88 bits per heavy atom. The van der Waals surface area contributed by atoms with Crippen LogP contribution >= 0.6 is 27.7 Å². The number of halogens is 2. The summed E-state index contributed by atoms with van der Waals surface area (Å²) in [6.07, 6.45) is 3.70. The van der Waals surface area contributed by atoms with E-state index in [0.717, 1.165) is 23.1 Å². The van der Waals surface area contributed by atoms with E-state index in [1.165, 1.54) is 6.07 Å². The second-order valence-corrected chi connectivity index (χ2v) is 5.63. The van der Waals surface area contributed by atoms with Gasteiger partial charge in [-0.05, 0) is 42.5 Å². The molecule has 0 saturated heterocycles. The molecule has 0 radical (unpaired) electrons. The molecule has 0 spiro atoms. The van der Waals surface area contributed by atoms with E-state index in [9.17, 15) is 9.50 Å². The minimum atomic E-state index is -0.442. The normalized spacial score (nSPS) is 12.8. The predicted molar refractivity (Wildman–Crippen MR) is 71.4 cm³/mol. The summed E-state index contributed by atoms with van der Waals surface area (Å²) < 4.78 is 14.2. The first-order chi connectivity index (χ1) is 7.63. The van der Waals surface area contributed by atoms with Crippen molar-refractivity contribution >= 4 is 27.7 Å². The quantitative estimate of drug-likeness (QED) is 0.810. The first-order valence-corrected chi connectivity index (χ1v) is 7.43. The maximum absolute atomic E-state index is 13.5. The van der Waals surface area contributed by atoms with Crippen molar-refractivity contribution in [2.75, 3.05) is 12.0 Å². The predicted octanol–water partition coefficient (Wildman–Crippen LogP) is 3.63. The summed E-state index contributed by atoms with van der Waals surface area (Å²) in [6.45, 7) is 0. The van der Waals surface area contributed by atoms with Crippen LogP contribution in [0.4, 0.5) is 4.39 Å². The van der Waals surface area contributed by atoms with Crippen molar-refractivity contribution < 1.29 is 9.50 Å². The maximum Gasteiger partial charge on any atom is 0.127 e. The average molecular weight is 307 g/mol. The third kappa shape index (κ3) is 4.85. The molecule has 0 aliphatic heterocycles. The molecule has 0 aromatic heterocycles. The fourth-order valence-electron chi connectivity index (χ4n) is 1.51. The Balaban J connectivity index is 2.46. The molecule has 1 aromatic rings. The Bertz CT molecular complexity index is 333. The van der Waals surface area contributed by atoms with Gasteiger partial charge in [0.05, 0.1) is 6.10 Å². The van der Waals surface area contributed by atoms with Gasteiger partial charge in [0, 0.05) is 10.9 Å². The lowest BCUT2D eigenvalue weighted by atomic mass is 10.0. The molecule has 0 aliphatic rings. The number of rotatable bonds is 6. The SMILES string of the molecule is CSCCCC(O)Cc1ccc(Br)cc1F. The molecule has 1 nitrogen and oxygen atoms in total. The van der Waals surface area contributed by atoms with Gasteiger partial charge in [0.2, 0.25) is 0 Å². The highest BCUT2D eigenvalue weighted by Gasteiger charge is 2.09. The Hall–Kier alpha value is -0.0600. The van der Waals surface area contributed by atoms with E-state index >= 15 is 0 Å². The standard InChI is InChI=1S/C12H16BrFOS/c1-16-6-2-3-11(15)7-9-4-5-10(13)8-12(9)14/h4-5,8,11,15H,2-3,6-7H2,1H3. The zero-order chi connectivity index (χ0) is 12.0. The van der Waals surface area contributed by atoms with E-state index < -0.39 is 6.10 Å². The van der Waals surface area contributed by atoms with Crippen molar-refractivity contribution in [2.24, 2.45) is 0 Å². The molecule has 1 rings (SSSR count). The Labute approximate surface area is 109 Å². The second-order valence-electron chi connectivity index (χ2n) is 3.73. The molecule has 16 heavy (non-hydrogen) atoms. The highest BCUT2D eigenvalue weighted by molar-refractivity contribution is 9.10. The Morgan fingerprint density at radius 2 is 2.25 bits per heavy atom. The van der Waals surface area contributed by atoms with Gasteiger partial charge in [-0.2, -0.15) is 11.8 Å². The number of aliphatic hydroxyl groups is 1. The molecule has 0 amide bonds. The molecule has 1 aromatic carbocycles. The molecule has 1 N–H and O–H groups in total. The van der Waals surface area contributed by atoms with Crippen LogP contribution in [-0.4, -0.2) is 23.2 Å². The number of hydrogen-bond acceptors (Lipinski definition) is 2. The summed E-state index contributed by atoms with van der Waals surface area (Å²) in [6, 6.07) is 4.95. The molecule has 4 heteroatoms. The number of thioether (sulfide) groups is 1. The van der Waals surface area contributed by atoms with Gasteiger partial charge in [-0.25, -0.2) is 4.39 Å². The molecule has 0 aliphatic carbocycles. The Morgan fingerprint density at radius 1 is 1.50 bits per heavy atom. The summed E-state index contributed by atoms with van der Waals surface area (Å²) in [7, 11) is 0. The summed E-state index contributed by atoms with van der Waals surface area (Å²) in [5, 5.41) is 9.74. The summed E-state index contributed by atoms with van der Waals surface area (Å²) in [5.74, 6) is 0.790. The van der Waals surface area contributed by atoms with Crippen LogP contribution < -0.4 is 0 Å². The van der Waals surface area contributed by atoms with Crippen molar-refractivity contribution in [3.8, 4) is 0 Å². The summed E-state index contributed by atoms with van der Waals surface area (Å²) in [4.78, 5) is 0. The summed E-state index contributed by atoms with van der Waals surface area (Å²) in [5.41, 5.74) is 0.583. The zero-order valence-electron chi connectivity index (χ0n) is 9.25. The minimum absolute atomic E-state index is 0.252. The van der Waals surface area contributed by atoms with Gasteiger partial charge in [0.25, 0.3) is 0 Å². The van der Waals surface area contributed by atoms with E-state index in [1.807, 2.05) is 6.26 Å². The van der Waals surface area contributed by atoms with E-state index in [4.69, 9.17) is 0 Å². The van der Waals surface area contributed by atoms with Crippen LogP contribution in [-0.2, 0) is 6.42 Å². The number of aliphatic hydroxyl groups excluding tert-OH is 1. The lowest BCUT2D eigenvalue weighted by molar-refractivity contribution is 0.163. The Kier molecular flexibility index (Phi) is 6.39. The lowest BCUT2D eigenvalue weighted by Crippen LogP contribution is -2.11. The molecule has 0 saturated carbocycles. The molecule has 0 heterocycles. The topological polar surface area (TPSA) is 20.2 Å². The molecule has 1 atom stereocenters. The molecular weight excluding hydrogens is 291 g/mol. The van der Waals surface area contributed by atoms with Gasteiger partial charge < -0.3 is 5.11 Å². The van der Waals surface area contributed by atoms with Crippen molar-refractivity contribution in [3.05, 3.63) is 34.1 Å². The molecule has 90 valence electrons. The first kappa shape index (κ1) is 14.0. The van der Waals surface area contributed by atoms with Crippen LogP contribution in [0.1, 0.15) is 18.4 Å². The van der Waals surface area contributed by atoms with Gasteiger partial charge in [0.1, 0.15) is 5.82 Å². The monoisotopic (exact) mass is 306 g/mol. The van der Waals surface area contributed by atoms with E-state index in [-0.39, 0.29) is 5.82 Å². The van der Waals surface area contributed by atoms with E-state index in [1.54, 1.807) is 23.9 Å². The van der Waals surface area contributed by atoms with Crippen LogP contribution in [0.25, 0.3) is 0 Å². The lowest BCUT2D eigenvalue weighted by Gasteiger charge is -2.10. The highest BCUT2D eigenvalue weighted by atomic mass is 79.9. The number of benzene rings is 1. The van der Waals surface area contributed by atoms with Gasteiger partial charge in [-0.1, -0.05) is 22.0 Å². The maximum atomic E-state index is 13.5. The van der Waals surface area contributed by atoms with Crippen LogP contribution in [0.2, 0.25) is 0 Å². The summed E-state index contributed by atoms with van der Waals surface area (Å²) >= 11 is 4.97. The molecule has 1 unspecified atom stereocenters. The van der Waals surface area contributed by atoms with Gasteiger partial charge >= 0.3 is 0 Å².